The Morgan fingerprint density at radius 3 is 2.30 bits per heavy atom. The number of benzene rings is 1. The van der Waals surface area contributed by atoms with Crippen molar-refractivity contribution in [2.45, 2.75) is 53.1 Å². The minimum absolute atomic E-state index is 0.0856. The molecule has 0 saturated carbocycles. The van der Waals surface area contributed by atoms with Gasteiger partial charge in [0.2, 0.25) is 0 Å². The molecule has 0 fully saturated rings. The molecule has 1 rings (SSSR count). The van der Waals surface area contributed by atoms with Crippen molar-refractivity contribution in [3.8, 4) is 0 Å². The Morgan fingerprint density at radius 2 is 1.75 bits per heavy atom. The highest BCUT2D eigenvalue weighted by molar-refractivity contribution is 5.25. The zero-order chi connectivity index (χ0) is 15.0. The molecule has 0 aliphatic rings. The van der Waals surface area contributed by atoms with Crippen LogP contribution in [0.2, 0.25) is 0 Å². The Labute approximate surface area is 124 Å². The molecule has 114 valence electrons. The van der Waals surface area contributed by atoms with Crippen LogP contribution >= 0.6 is 0 Å². The van der Waals surface area contributed by atoms with Gasteiger partial charge in [-0.3, -0.25) is 0 Å². The molecule has 20 heavy (non-hydrogen) atoms. The molecule has 3 unspecified atom stereocenters. The van der Waals surface area contributed by atoms with Crippen molar-refractivity contribution < 1.29 is 9.84 Å². The van der Waals surface area contributed by atoms with Crippen LogP contribution in [0.15, 0.2) is 24.3 Å². The Balaban J connectivity index is 2.54. The van der Waals surface area contributed by atoms with Crippen LogP contribution in [0.1, 0.15) is 57.6 Å². The normalized spacial score (nSPS) is 15.8. The molecule has 0 aliphatic heterocycles. The van der Waals surface area contributed by atoms with Crippen molar-refractivity contribution in [2.75, 3.05) is 13.2 Å². The van der Waals surface area contributed by atoms with E-state index in [1.54, 1.807) is 0 Å². The predicted molar refractivity (Wildman–Crippen MR) is 84.8 cm³/mol. The highest BCUT2D eigenvalue weighted by Gasteiger charge is 2.16. The summed E-state index contributed by atoms with van der Waals surface area (Å²) >= 11 is 0. The number of hydrogen-bond donors (Lipinski definition) is 1. The molecule has 1 aromatic rings. The van der Waals surface area contributed by atoms with Crippen LogP contribution < -0.4 is 0 Å². The zero-order valence-electron chi connectivity index (χ0n) is 13.4. The summed E-state index contributed by atoms with van der Waals surface area (Å²) in [7, 11) is 0. The van der Waals surface area contributed by atoms with Crippen molar-refractivity contribution in [1.29, 1.82) is 0 Å². The SMILES string of the molecule is CCC(C)CC(C)C(C)c1ccc(COCCO)cc1. The van der Waals surface area contributed by atoms with E-state index in [0.717, 1.165) is 5.92 Å². The molecule has 3 atom stereocenters. The number of rotatable bonds is 9. The molecular weight excluding hydrogens is 248 g/mol. The maximum atomic E-state index is 8.69. The van der Waals surface area contributed by atoms with Crippen molar-refractivity contribution in [1.82, 2.24) is 0 Å². The lowest BCUT2D eigenvalue weighted by atomic mass is 9.82. The third-order valence-electron chi connectivity index (χ3n) is 4.33. The van der Waals surface area contributed by atoms with Gasteiger partial charge < -0.3 is 9.84 Å². The number of hydrogen-bond acceptors (Lipinski definition) is 2. The van der Waals surface area contributed by atoms with Crippen molar-refractivity contribution in [3.05, 3.63) is 35.4 Å². The lowest BCUT2D eigenvalue weighted by Crippen LogP contribution is -2.10. The molecule has 0 saturated heterocycles. The van der Waals surface area contributed by atoms with Crippen LogP contribution in [0.25, 0.3) is 0 Å². The monoisotopic (exact) mass is 278 g/mol. The minimum Gasteiger partial charge on any atom is -0.394 e. The van der Waals surface area contributed by atoms with E-state index in [0.29, 0.717) is 25.0 Å². The molecule has 0 bridgehead atoms. The summed E-state index contributed by atoms with van der Waals surface area (Å²) in [5, 5.41) is 8.69. The lowest BCUT2D eigenvalue weighted by Gasteiger charge is -2.23. The largest absolute Gasteiger partial charge is 0.394 e. The van der Waals surface area contributed by atoms with Crippen LogP contribution in [0.3, 0.4) is 0 Å². The smallest absolute Gasteiger partial charge is 0.0718 e. The molecule has 0 spiro atoms. The second kappa shape index (κ2) is 9.15. The van der Waals surface area contributed by atoms with E-state index in [1.807, 2.05) is 0 Å². The van der Waals surface area contributed by atoms with Gasteiger partial charge in [0.05, 0.1) is 19.8 Å². The second-order valence-corrected chi connectivity index (χ2v) is 6.03. The third-order valence-corrected chi connectivity index (χ3v) is 4.33. The van der Waals surface area contributed by atoms with Crippen LogP contribution in [0.4, 0.5) is 0 Å². The standard InChI is InChI=1S/C18H30O2/c1-5-14(2)12-15(3)16(4)18-8-6-17(7-9-18)13-20-11-10-19/h6-9,14-16,19H,5,10-13H2,1-4H3. The van der Waals surface area contributed by atoms with E-state index < -0.39 is 0 Å². The first-order valence-electron chi connectivity index (χ1n) is 7.85. The molecular formula is C18H30O2. The number of aliphatic hydroxyl groups excluding tert-OH is 1. The molecule has 0 heterocycles. The van der Waals surface area contributed by atoms with Crippen LogP contribution in [0, 0.1) is 11.8 Å². The van der Waals surface area contributed by atoms with Crippen molar-refractivity contribution in [3.63, 3.8) is 0 Å². The van der Waals surface area contributed by atoms with Crippen LogP contribution in [-0.2, 0) is 11.3 Å². The van der Waals surface area contributed by atoms with E-state index in [1.165, 1.54) is 24.0 Å². The Hall–Kier alpha value is -0.860. The molecule has 1 aromatic carbocycles. The fourth-order valence-electron chi connectivity index (χ4n) is 2.51. The van der Waals surface area contributed by atoms with Crippen molar-refractivity contribution in [2.24, 2.45) is 11.8 Å². The number of aliphatic hydroxyl groups is 1. The Bertz CT molecular complexity index is 358. The molecule has 2 heteroatoms. The molecule has 0 aliphatic carbocycles. The summed E-state index contributed by atoms with van der Waals surface area (Å²) in [4.78, 5) is 0. The summed E-state index contributed by atoms with van der Waals surface area (Å²) < 4.78 is 5.33. The van der Waals surface area contributed by atoms with Crippen molar-refractivity contribution >= 4 is 0 Å². The van der Waals surface area contributed by atoms with Gasteiger partial charge in [-0.2, -0.15) is 0 Å². The van der Waals surface area contributed by atoms with Gasteiger partial charge >= 0.3 is 0 Å². The minimum atomic E-state index is 0.0856. The summed E-state index contributed by atoms with van der Waals surface area (Å²) in [5.41, 5.74) is 2.58. The van der Waals surface area contributed by atoms with Gasteiger partial charge in [0.1, 0.15) is 0 Å². The molecule has 2 nitrogen and oxygen atoms in total. The third kappa shape index (κ3) is 5.64. The Kier molecular flexibility index (Phi) is 7.86. The summed E-state index contributed by atoms with van der Waals surface area (Å²) in [5.74, 6) is 2.11. The fraction of sp³-hybridized carbons (Fsp3) is 0.667. The first kappa shape index (κ1) is 17.2. The van der Waals surface area contributed by atoms with E-state index in [9.17, 15) is 0 Å². The fourth-order valence-corrected chi connectivity index (χ4v) is 2.51. The molecule has 1 N–H and O–H groups in total. The van der Waals surface area contributed by atoms with E-state index in [-0.39, 0.29) is 6.61 Å². The first-order valence-corrected chi connectivity index (χ1v) is 7.85. The quantitative estimate of drug-likeness (QED) is 0.680. The molecule has 0 radical (unpaired) electrons. The lowest BCUT2D eigenvalue weighted by molar-refractivity contribution is 0.0815. The van der Waals surface area contributed by atoms with Gasteiger partial charge in [0.15, 0.2) is 0 Å². The second-order valence-electron chi connectivity index (χ2n) is 6.03. The van der Waals surface area contributed by atoms with Gasteiger partial charge in [-0.15, -0.1) is 0 Å². The van der Waals surface area contributed by atoms with E-state index in [4.69, 9.17) is 9.84 Å². The summed E-state index contributed by atoms with van der Waals surface area (Å²) in [6.07, 6.45) is 2.55. The maximum absolute atomic E-state index is 8.69. The maximum Gasteiger partial charge on any atom is 0.0718 e. The highest BCUT2D eigenvalue weighted by atomic mass is 16.5. The van der Waals surface area contributed by atoms with Gasteiger partial charge in [-0.25, -0.2) is 0 Å². The van der Waals surface area contributed by atoms with Crippen LogP contribution in [0.5, 0.6) is 0 Å². The summed E-state index contributed by atoms with van der Waals surface area (Å²) in [6.45, 7) is 10.4. The number of ether oxygens (including phenoxy) is 1. The molecule has 0 aromatic heterocycles. The first-order chi connectivity index (χ1) is 9.58. The highest BCUT2D eigenvalue weighted by Crippen LogP contribution is 2.29. The average Bonchev–Trinajstić information content (AvgIpc) is 2.47. The average molecular weight is 278 g/mol. The van der Waals surface area contributed by atoms with Gasteiger partial charge in [-0.1, -0.05) is 58.4 Å². The van der Waals surface area contributed by atoms with Gasteiger partial charge in [0, 0.05) is 0 Å². The van der Waals surface area contributed by atoms with E-state index >= 15 is 0 Å². The van der Waals surface area contributed by atoms with Gasteiger partial charge in [-0.05, 0) is 35.3 Å². The summed E-state index contributed by atoms with van der Waals surface area (Å²) in [6, 6.07) is 8.71. The zero-order valence-corrected chi connectivity index (χ0v) is 13.4. The molecule has 0 amide bonds. The van der Waals surface area contributed by atoms with Gasteiger partial charge in [0.25, 0.3) is 0 Å². The predicted octanol–water partition coefficient (Wildman–Crippen LogP) is 4.37. The Morgan fingerprint density at radius 1 is 1.10 bits per heavy atom. The van der Waals surface area contributed by atoms with E-state index in [2.05, 4.69) is 52.0 Å². The topological polar surface area (TPSA) is 29.5 Å². The van der Waals surface area contributed by atoms with Crippen LogP contribution in [-0.4, -0.2) is 18.3 Å².